The van der Waals surface area contributed by atoms with Gasteiger partial charge in [0.25, 0.3) is 0 Å². The van der Waals surface area contributed by atoms with Crippen LogP contribution in [0.3, 0.4) is 0 Å². The summed E-state index contributed by atoms with van der Waals surface area (Å²) in [6.45, 7) is 1.94. The summed E-state index contributed by atoms with van der Waals surface area (Å²) in [5.74, 6) is -0.502. The molecule has 27 heavy (non-hydrogen) atoms. The monoisotopic (exact) mass is 379 g/mol. The first-order valence-electron chi connectivity index (χ1n) is 8.24. The van der Waals surface area contributed by atoms with Crippen LogP contribution in [0, 0.1) is 6.92 Å². The van der Waals surface area contributed by atoms with E-state index in [0.717, 1.165) is 23.3 Å². The molecule has 3 amide bonds. The van der Waals surface area contributed by atoms with Crippen molar-refractivity contribution < 1.29 is 22.8 Å². The molecule has 0 heterocycles. The molecule has 2 aromatic carbocycles. The van der Waals surface area contributed by atoms with E-state index in [1.165, 1.54) is 12.1 Å². The standard InChI is InChI=1S/C19H20F3N3O2/c1-13-5-7-14(8-6-13)10-24-18(27)25-12-17(26)23-11-15-3-2-4-16(9-15)19(20,21)22/h2-9H,10-12H2,1H3,(H,23,26)(H2,24,25,27). The van der Waals surface area contributed by atoms with E-state index in [1.807, 2.05) is 31.2 Å². The van der Waals surface area contributed by atoms with Crippen LogP contribution in [0.25, 0.3) is 0 Å². The summed E-state index contributed by atoms with van der Waals surface area (Å²) in [6.07, 6.45) is -4.43. The lowest BCUT2D eigenvalue weighted by atomic mass is 10.1. The van der Waals surface area contributed by atoms with Crippen molar-refractivity contribution in [1.29, 1.82) is 0 Å². The first kappa shape index (κ1) is 20.3. The third-order valence-electron chi connectivity index (χ3n) is 3.73. The van der Waals surface area contributed by atoms with Gasteiger partial charge in [0.05, 0.1) is 12.1 Å². The second-order valence-electron chi connectivity index (χ2n) is 6.00. The van der Waals surface area contributed by atoms with E-state index in [0.29, 0.717) is 12.1 Å². The molecule has 0 atom stereocenters. The minimum atomic E-state index is -4.43. The Balaban J connectivity index is 1.71. The van der Waals surface area contributed by atoms with Crippen LogP contribution in [0.4, 0.5) is 18.0 Å². The number of alkyl halides is 3. The molecule has 0 radical (unpaired) electrons. The molecule has 0 spiro atoms. The van der Waals surface area contributed by atoms with Gasteiger partial charge in [-0.1, -0.05) is 42.0 Å². The largest absolute Gasteiger partial charge is 0.416 e. The zero-order chi connectivity index (χ0) is 19.9. The summed E-state index contributed by atoms with van der Waals surface area (Å²) >= 11 is 0. The predicted molar refractivity (Wildman–Crippen MR) is 94.7 cm³/mol. The van der Waals surface area contributed by atoms with E-state index in [4.69, 9.17) is 0 Å². The first-order chi connectivity index (χ1) is 12.7. The molecule has 0 saturated heterocycles. The number of benzene rings is 2. The van der Waals surface area contributed by atoms with Crippen LogP contribution >= 0.6 is 0 Å². The van der Waals surface area contributed by atoms with Crippen LogP contribution in [-0.2, 0) is 24.1 Å². The van der Waals surface area contributed by atoms with Gasteiger partial charge in [-0.15, -0.1) is 0 Å². The molecule has 8 heteroatoms. The van der Waals surface area contributed by atoms with E-state index in [2.05, 4.69) is 16.0 Å². The molecular weight excluding hydrogens is 359 g/mol. The lowest BCUT2D eigenvalue weighted by molar-refractivity contribution is -0.137. The molecule has 0 aliphatic carbocycles. The fourth-order valence-electron chi connectivity index (χ4n) is 2.23. The van der Waals surface area contributed by atoms with Crippen LogP contribution in [0.2, 0.25) is 0 Å². The minimum Gasteiger partial charge on any atom is -0.350 e. The van der Waals surface area contributed by atoms with Crippen LogP contribution in [0.5, 0.6) is 0 Å². The average Bonchev–Trinajstić information content (AvgIpc) is 2.64. The highest BCUT2D eigenvalue weighted by Gasteiger charge is 2.30. The number of carbonyl (C=O) groups is 2. The number of urea groups is 1. The number of hydrogen-bond donors (Lipinski definition) is 3. The highest BCUT2D eigenvalue weighted by molar-refractivity contribution is 5.83. The minimum absolute atomic E-state index is 0.0601. The Labute approximate surface area is 155 Å². The summed E-state index contributed by atoms with van der Waals surface area (Å²) in [7, 11) is 0. The smallest absolute Gasteiger partial charge is 0.350 e. The summed E-state index contributed by atoms with van der Waals surface area (Å²) in [4.78, 5) is 23.4. The quantitative estimate of drug-likeness (QED) is 0.722. The van der Waals surface area contributed by atoms with Crippen LogP contribution in [0.1, 0.15) is 22.3 Å². The number of hydrogen-bond acceptors (Lipinski definition) is 2. The molecule has 0 unspecified atom stereocenters. The van der Waals surface area contributed by atoms with E-state index < -0.39 is 23.7 Å². The van der Waals surface area contributed by atoms with Gasteiger partial charge >= 0.3 is 12.2 Å². The number of nitrogens with one attached hydrogen (secondary N) is 3. The fourth-order valence-corrected chi connectivity index (χ4v) is 2.23. The Hall–Kier alpha value is -3.03. The molecular formula is C19H20F3N3O2. The SMILES string of the molecule is Cc1ccc(CNC(=O)NCC(=O)NCc2cccc(C(F)(F)F)c2)cc1. The topological polar surface area (TPSA) is 70.2 Å². The zero-order valence-corrected chi connectivity index (χ0v) is 14.7. The molecule has 0 fully saturated rings. The summed E-state index contributed by atoms with van der Waals surface area (Å²) in [5, 5.41) is 7.47. The predicted octanol–water partition coefficient (Wildman–Crippen LogP) is 3.13. The van der Waals surface area contributed by atoms with Crippen molar-refractivity contribution >= 4 is 11.9 Å². The number of amides is 3. The van der Waals surface area contributed by atoms with Gasteiger partial charge < -0.3 is 16.0 Å². The van der Waals surface area contributed by atoms with Gasteiger partial charge in [0, 0.05) is 13.1 Å². The maximum atomic E-state index is 12.6. The third-order valence-corrected chi connectivity index (χ3v) is 3.73. The van der Waals surface area contributed by atoms with E-state index in [9.17, 15) is 22.8 Å². The molecule has 0 saturated carbocycles. The number of aryl methyl sites for hydroxylation is 1. The molecule has 3 N–H and O–H groups in total. The second kappa shape index (κ2) is 9.07. The molecule has 5 nitrogen and oxygen atoms in total. The Kier molecular flexibility index (Phi) is 6.81. The lowest BCUT2D eigenvalue weighted by Gasteiger charge is -2.10. The molecule has 2 aromatic rings. The third kappa shape index (κ3) is 7.01. The van der Waals surface area contributed by atoms with Crippen molar-refractivity contribution in [3.63, 3.8) is 0 Å². The van der Waals surface area contributed by atoms with Gasteiger partial charge in [0.2, 0.25) is 5.91 Å². The van der Waals surface area contributed by atoms with Crippen LogP contribution in [-0.4, -0.2) is 18.5 Å². The zero-order valence-electron chi connectivity index (χ0n) is 14.7. The van der Waals surface area contributed by atoms with Gasteiger partial charge in [-0.25, -0.2) is 4.79 Å². The molecule has 0 aromatic heterocycles. The van der Waals surface area contributed by atoms with Crippen molar-refractivity contribution in [2.75, 3.05) is 6.54 Å². The highest BCUT2D eigenvalue weighted by Crippen LogP contribution is 2.29. The Morgan fingerprint density at radius 1 is 0.889 bits per heavy atom. The Morgan fingerprint density at radius 2 is 1.56 bits per heavy atom. The lowest BCUT2D eigenvalue weighted by Crippen LogP contribution is -2.41. The van der Waals surface area contributed by atoms with Crippen LogP contribution in [0.15, 0.2) is 48.5 Å². The highest BCUT2D eigenvalue weighted by atomic mass is 19.4. The number of carbonyl (C=O) groups excluding carboxylic acids is 2. The van der Waals surface area contributed by atoms with E-state index >= 15 is 0 Å². The van der Waals surface area contributed by atoms with Gasteiger partial charge in [-0.2, -0.15) is 13.2 Å². The molecule has 0 aliphatic rings. The molecule has 0 bridgehead atoms. The van der Waals surface area contributed by atoms with Gasteiger partial charge in [-0.3, -0.25) is 4.79 Å². The maximum Gasteiger partial charge on any atom is 0.416 e. The molecule has 2 rings (SSSR count). The van der Waals surface area contributed by atoms with Crippen molar-refractivity contribution in [2.45, 2.75) is 26.2 Å². The van der Waals surface area contributed by atoms with E-state index in [-0.39, 0.29) is 13.1 Å². The van der Waals surface area contributed by atoms with Gasteiger partial charge in [-0.05, 0) is 30.2 Å². The van der Waals surface area contributed by atoms with Gasteiger partial charge in [0.15, 0.2) is 0 Å². The van der Waals surface area contributed by atoms with Crippen LogP contribution < -0.4 is 16.0 Å². The number of halogens is 3. The Bertz CT molecular complexity index is 790. The van der Waals surface area contributed by atoms with Crippen molar-refractivity contribution in [1.82, 2.24) is 16.0 Å². The number of rotatable bonds is 6. The molecule has 144 valence electrons. The fraction of sp³-hybridized carbons (Fsp3) is 0.263. The molecule has 0 aliphatic heterocycles. The average molecular weight is 379 g/mol. The van der Waals surface area contributed by atoms with Gasteiger partial charge in [0.1, 0.15) is 0 Å². The maximum absolute atomic E-state index is 12.6. The van der Waals surface area contributed by atoms with E-state index in [1.54, 1.807) is 0 Å². The first-order valence-corrected chi connectivity index (χ1v) is 8.24. The Morgan fingerprint density at radius 3 is 2.22 bits per heavy atom. The summed E-state index contributed by atoms with van der Waals surface area (Å²) in [6, 6.07) is 11.8. The summed E-state index contributed by atoms with van der Waals surface area (Å²) in [5.41, 5.74) is 1.58. The van der Waals surface area contributed by atoms with Crippen molar-refractivity contribution in [3.8, 4) is 0 Å². The second-order valence-corrected chi connectivity index (χ2v) is 6.00. The summed E-state index contributed by atoms with van der Waals surface area (Å²) < 4.78 is 37.9. The van der Waals surface area contributed by atoms with Crippen molar-refractivity contribution in [3.05, 3.63) is 70.8 Å². The normalized spacial score (nSPS) is 11.0. The van der Waals surface area contributed by atoms with Crippen molar-refractivity contribution in [2.24, 2.45) is 0 Å².